The Balaban J connectivity index is 1.74. The first-order valence-corrected chi connectivity index (χ1v) is 8.39. The minimum Gasteiger partial charge on any atom is -0.285 e. The third kappa shape index (κ3) is 3.80. The van der Waals surface area contributed by atoms with Gasteiger partial charge in [0.2, 0.25) is 0 Å². The van der Waals surface area contributed by atoms with Crippen LogP contribution in [-0.4, -0.2) is 6.21 Å². The van der Waals surface area contributed by atoms with Crippen LogP contribution >= 0.6 is 0 Å². The maximum absolute atomic E-state index is 4.73. The van der Waals surface area contributed by atoms with Crippen molar-refractivity contribution in [2.24, 2.45) is 4.99 Å². The Kier molecular flexibility index (Phi) is 4.90. The SMILES string of the molecule is Cc1ccc(C(C)/N=C\c2ccc(-c3ccccc3)cc2)c(C)c1. The predicted molar refractivity (Wildman–Crippen MR) is 104 cm³/mol. The van der Waals surface area contributed by atoms with Crippen LogP contribution in [0.3, 0.4) is 0 Å². The standard InChI is InChI=1S/C23H23N/c1-17-9-14-23(18(2)15-17)19(3)24-16-20-10-12-22(13-11-20)21-7-5-4-6-8-21/h4-16,19H,1-3H3/b24-16-. The van der Waals surface area contributed by atoms with Crippen molar-refractivity contribution in [1.82, 2.24) is 0 Å². The lowest BCUT2D eigenvalue weighted by Gasteiger charge is -2.11. The number of nitrogens with zero attached hydrogens (tertiary/aromatic N) is 1. The zero-order valence-corrected chi connectivity index (χ0v) is 14.5. The number of aryl methyl sites for hydroxylation is 2. The van der Waals surface area contributed by atoms with Crippen LogP contribution in [0.25, 0.3) is 11.1 Å². The van der Waals surface area contributed by atoms with Crippen LogP contribution in [0.5, 0.6) is 0 Å². The third-order valence-corrected chi connectivity index (χ3v) is 4.34. The molecular formula is C23H23N. The van der Waals surface area contributed by atoms with E-state index in [1.54, 1.807) is 0 Å². The molecule has 3 aromatic rings. The molecule has 24 heavy (non-hydrogen) atoms. The van der Waals surface area contributed by atoms with E-state index in [1.165, 1.54) is 27.8 Å². The molecule has 3 rings (SSSR count). The van der Waals surface area contributed by atoms with Gasteiger partial charge in [0.15, 0.2) is 0 Å². The fourth-order valence-corrected chi connectivity index (χ4v) is 2.96. The van der Waals surface area contributed by atoms with Crippen molar-refractivity contribution >= 4 is 6.21 Å². The van der Waals surface area contributed by atoms with Crippen LogP contribution in [-0.2, 0) is 0 Å². The molecule has 0 aliphatic rings. The van der Waals surface area contributed by atoms with Gasteiger partial charge in [-0.1, -0.05) is 78.4 Å². The molecule has 1 heteroatoms. The molecule has 0 spiro atoms. The van der Waals surface area contributed by atoms with Crippen LogP contribution in [0.1, 0.15) is 35.2 Å². The van der Waals surface area contributed by atoms with E-state index >= 15 is 0 Å². The van der Waals surface area contributed by atoms with Gasteiger partial charge in [0, 0.05) is 6.21 Å². The average molecular weight is 313 g/mol. The molecule has 0 fully saturated rings. The molecule has 0 N–H and O–H groups in total. The number of rotatable bonds is 4. The topological polar surface area (TPSA) is 12.4 Å². The van der Waals surface area contributed by atoms with Gasteiger partial charge in [-0.25, -0.2) is 0 Å². The first-order valence-electron chi connectivity index (χ1n) is 8.39. The second kappa shape index (κ2) is 7.27. The molecular weight excluding hydrogens is 290 g/mol. The summed E-state index contributed by atoms with van der Waals surface area (Å²) in [5.74, 6) is 0. The monoisotopic (exact) mass is 313 g/mol. The first-order chi connectivity index (χ1) is 11.6. The molecule has 0 heterocycles. The highest BCUT2D eigenvalue weighted by molar-refractivity contribution is 5.81. The van der Waals surface area contributed by atoms with Crippen molar-refractivity contribution in [3.8, 4) is 11.1 Å². The Morgan fingerprint density at radius 3 is 2.12 bits per heavy atom. The molecule has 3 aromatic carbocycles. The Labute approximate surface area is 144 Å². The molecule has 0 aliphatic heterocycles. The largest absolute Gasteiger partial charge is 0.285 e. The zero-order chi connectivity index (χ0) is 16.9. The van der Waals surface area contributed by atoms with E-state index in [1.807, 2.05) is 12.3 Å². The van der Waals surface area contributed by atoms with Crippen molar-refractivity contribution < 1.29 is 0 Å². The van der Waals surface area contributed by atoms with Crippen molar-refractivity contribution in [3.63, 3.8) is 0 Å². The average Bonchev–Trinajstić information content (AvgIpc) is 2.61. The predicted octanol–water partition coefficient (Wildman–Crippen LogP) is 6.15. The van der Waals surface area contributed by atoms with Crippen LogP contribution in [0.2, 0.25) is 0 Å². The van der Waals surface area contributed by atoms with Gasteiger partial charge in [-0.3, -0.25) is 4.99 Å². The van der Waals surface area contributed by atoms with Crippen molar-refractivity contribution in [1.29, 1.82) is 0 Å². The maximum Gasteiger partial charge on any atom is 0.0723 e. The van der Waals surface area contributed by atoms with Gasteiger partial charge < -0.3 is 0 Å². The first kappa shape index (κ1) is 16.2. The summed E-state index contributed by atoms with van der Waals surface area (Å²) in [6, 6.07) is 25.7. The summed E-state index contributed by atoms with van der Waals surface area (Å²) in [6.07, 6.45) is 1.97. The van der Waals surface area contributed by atoms with E-state index in [4.69, 9.17) is 4.99 Å². The van der Waals surface area contributed by atoms with Gasteiger partial charge in [-0.2, -0.15) is 0 Å². The van der Waals surface area contributed by atoms with E-state index in [2.05, 4.69) is 87.5 Å². The van der Waals surface area contributed by atoms with E-state index in [-0.39, 0.29) is 6.04 Å². The Hall–Kier alpha value is -2.67. The van der Waals surface area contributed by atoms with Gasteiger partial charge in [-0.15, -0.1) is 0 Å². The number of hydrogen-bond acceptors (Lipinski definition) is 1. The third-order valence-electron chi connectivity index (χ3n) is 4.34. The van der Waals surface area contributed by atoms with Crippen LogP contribution in [0.4, 0.5) is 0 Å². The Morgan fingerprint density at radius 1 is 0.792 bits per heavy atom. The molecule has 0 aromatic heterocycles. The molecule has 0 bridgehead atoms. The number of aliphatic imine (C=N–C) groups is 1. The summed E-state index contributed by atoms with van der Waals surface area (Å²) in [5.41, 5.74) is 7.49. The Bertz CT molecular complexity index is 830. The number of hydrogen-bond donors (Lipinski definition) is 0. The lowest BCUT2D eigenvalue weighted by molar-refractivity contribution is 0.816. The molecule has 0 aliphatic carbocycles. The Morgan fingerprint density at radius 2 is 1.46 bits per heavy atom. The summed E-state index contributed by atoms with van der Waals surface area (Å²) in [7, 11) is 0. The van der Waals surface area contributed by atoms with Gasteiger partial charge >= 0.3 is 0 Å². The molecule has 1 unspecified atom stereocenters. The fraction of sp³-hybridized carbons (Fsp3) is 0.174. The fourth-order valence-electron chi connectivity index (χ4n) is 2.96. The molecule has 0 amide bonds. The van der Waals surface area contributed by atoms with E-state index in [0.29, 0.717) is 0 Å². The van der Waals surface area contributed by atoms with Gasteiger partial charge in [0.25, 0.3) is 0 Å². The summed E-state index contributed by atoms with van der Waals surface area (Å²) in [4.78, 5) is 4.73. The second-order valence-corrected chi connectivity index (χ2v) is 6.30. The van der Waals surface area contributed by atoms with Crippen LogP contribution in [0, 0.1) is 13.8 Å². The second-order valence-electron chi connectivity index (χ2n) is 6.30. The zero-order valence-electron chi connectivity index (χ0n) is 14.5. The lowest BCUT2D eigenvalue weighted by atomic mass is 10.0. The minimum atomic E-state index is 0.166. The lowest BCUT2D eigenvalue weighted by Crippen LogP contribution is -1.95. The summed E-state index contributed by atoms with van der Waals surface area (Å²) in [5, 5.41) is 0. The molecule has 0 radical (unpaired) electrons. The van der Waals surface area contributed by atoms with Crippen molar-refractivity contribution in [2.75, 3.05) is 0 Å². The van der Waals surface area contributed by atoms with Gasteiger partial charge in [0.05, 0.1) is 6.04 Å². The maximum atomic E-state index is 4.73. The van der Waals surface area contributed by atoms with Gasteiger partial charge in [0.1, 0.15) is 0 Å². The summed E-state index contributed by atoms with van der Waals surface area (Å²) >= 11 is 0. The van der Waals surface area contributed by atoms with Crippen molar-refractivity contribution in [2.45, 2.75) is 26.8 Å². The smallest absolute Gasteiger partial charge is 0.0723 e. The van der Waals surface area contributed by atoms with Crippen LogP contribution in [0.15, 0.2) is 77.8 Å². The molecule has 0 saturated heterocycles. The van der Waals surface area contributed by atoms with Crippen molar-refractivity contribution in [3.05, 3.63) is 95.1 Å². The highest BCUT2D eigenvalue weighted by atomic mass is 14.8. The highest BCUT2D eigenvalue weighted by Gasteiger charge is 2.06. The van der Waals surface area contributed by atoms with Gasteiger partial charge in [-0.05, 0) is 48.6 Å². The molecule has 1 nitrogen and oxygen atoms in total. The highest BCUT2D eigenvalue weighted by Crippen LogP contribution is 2.22. The molecule has 1 atom stereocenters. The molecule has 0 saturated carbocycles. The van der Waals surface area contributed by atoms with E-state index < -0.39 is 0 Å². The normalized spacial score (nSPS) is 12.5. The molecule has 120 valence electrons. The summed E-state index contributed by atoms with van der Waals surface area (Å²) < 4.78 is 0. The van der Waals surface area contributed by atoms with E-state index in [9.17, 15) is 0 Å². The number of benzene rings is 3. The van der Waals surface area contributed by atoms with E-state index in [0.717, 1.165) is 5.56 Å². The van der Waals surface area contributed by atoms with Crippen LogP contribution < -0.4 is 0 Å². The quantitative estimate of drug-likeness (QED) is 0.512. The minimum absolute atomic E-state index is 0.166. The summed E-state index contributed by atoms with van der Waals surface area (Å²) in [6.45, 7) is 6.43.